The Bertz CT molecular complexity index is 2200. The maximum Gasteiger partial charge on any atom is 0.266 e. The van der Waals surface area contributed by atoms with Crippen LogP contribution in [-0.4, -0.2) is 74.1 Å². The number of nitrogens with zero attached hydrogens (tertiary/aromatic N) is 5. The van der Waals surface area contributed by atoms with Crippen LogP contribution in [0.25, 0.3) is 5.00 Å². The van der Waals surface area contributed by atoms with E-state index in [2.05, 4.69) is 34.7 Å². The summed E-state index contributed by atoms with van der Waals surface area (Å²) in [6.07, 6.45) is 10.00. The van der Waals surface area contributed by atoms with Crippen LogP contribution in [0.4, 0.5) is 0 Å². The van der Waals surface area contributed by atoms with E-state index in [1.807, 2.05) is 28.8 Å². The van der Waals surface area contributed by atoms with Gasteiger partial charge in [0, 0.05) is 34.0 Å². The van der Waals surface area contributed by atoms with E-state index >= 15 is 0 Å². The third-order valence-corrected chi connectivity index (χ3v) is 12.0. The number of halogens is 1. The molecule has 2 aromatic heterocycles. The van der Waals surface area contributed by atoms with Gasteiger partial charge in [-0.2, -0.15) is 0 Å². The number of fused-ring (bicyclic) bond motifs is 4. The molecule has 292 valence electrons. The normalized spacial score (nSPS) is 17.6. The van der Waals surface area contributed by atoms with E-state index in [4.69, 9.17) is 21.3 Å². The Morgan fingerprint density at radius 1 is 0.946 bits per heavy atom. The molecular weight excluding hydrogens is 754 g/mol. The summed E-state index contributed by atoms with van der Waals surface area (Å²) >= 11 is 7.87. The van der Waals surface area contributed by atoms with Crippen molar-refractivity contribution in [1.29, 1.82) is 0 Å². The number of aromatic nitrogens is 3. The lowest BCUT2D eigenvalue weighted by atomic mass is 9.99. The fourth-order valence-corrected chi connectivity index (χ4v) is 8.74. The predicted molar refractivity (Wildman–Crippen MR) is 212 cm³/mol. The monoisotopic (exact) mass is 797 g/mol. The number of aliphatic imine (C=N–C) groups is 1. The Balaban J connectivity index is 0.808. The number of thiophene rings is 1. The molecule has 3 aliphatic rings. The summed E-state index contributed by atoms with van der Waals surface area (Å²) in [5, 5.41) is 15.5. The van der Waals surface area contributed by atoms with Crippen LogP contribution in [0.1, 0.15) is 125 Å². The van der Waals surface area contributed by atoms with Crippen LogP contribution in [-0.2, 0) is 14.4 Å². The number of hydrogen-bond acceptors (Lipinski definition) is 10. The van der Waals surface area contributed by atoms with Gasteiger partial charge in [0.05, 0.1) is 29.9 Å². The average molecular weight is 798 g/mol. The molecule has 5 amide bonds. The van der Waals surface area contributed by atoms with Gasteiger partial charge in [-0.05, 0) is 62.9 Å². The van der Waals surface area contributed by atoms with Gasteiger partial charge in [-0.25, -0.2) is 0 Å². The first-order valence-electron chi connectivity index (χ1n) is 19.2. The maximum atomic E-state index is 13.2. The maximum absolute atomic E-state index is 13.2. The van der Waals surface area contributed by atoms with Crippen LogP contribution in [0.5, 0.6) is 5.75 Å². The molecule has 2 N–H and O–H groups in total. The summed E-state index contributed by atoms with van der Waals surface area (Å²) in [5.74, 6) is -1.26. The third kappa shape index (κ3) is 8.17. The predicted octanol–water partition coefficient (Wildman–Crippen LogP) is 6.60. The highest BCUT2D eigenvalue weighted by Crippen LogP contribution is 2.39. The number of benzene rings is 2. The quantitative estimate of drug-likeness (QED) is 0.0946. The van der Waals surface area contributed by atoms with E-state index in [1.165, 1.54) is 4.88 Å². The number of nitrogens with one attached hydrogen (secondary N) is 2. The zero-order chi connectivity index (χ0) is 39.3. The van der Waals surface area contributed by atoms with E-state index < -0.39 is 35.7 Å². The lowest BCUT2D eigenvalue weighted by molar-refractivity contribution is -0.136. The van der Waals surface area contributed by atoms with Crippen LogP contribution in [0, 0.1) is 13.8 Å². The molecule has 0 spiro atoms. The van der Waals surface area contributed by atoms with Crippen LogP contribution in [0.3, 0.4) is 0 Å². The molecule has 0 aliphatic carbocycles. The summed E-state index contributed by atoms with van der Waals surface area (Å²) in [4.78, 5) is 70.7. The number of amides is 5. The van der Waals surface area contributed by atoms with Gasteiger partial charge < -0.3 is 10.1 Å². The van der Waals surface area contributed by atoms with E-state index in [0.29, 0.717) is 29.7 Å². The Kier molecular flexibility index (Phi) is 12.1. The van der Waals surface area contributed by atoms with Crippen LogP contribution in [0.15, 0.2) is 53.8 Å². The Morgan fingerprint density at radius 2 is 1.68 bits per heavy atom. The number of hydrogen-bond donors (Lipinski definition) is 2. The second kappa shape index (κ2) is 17.3. The van der Waals surface area contributed by atoms with Crippen molar-refractivity contribution in [1.82, 2.24) is 30.3 Å². The van der Waals surface area contributed by atoms with Crippen molar-refractivity contribution in [3.63, 3.8) is 0 Å². The molecule has 1 unspecified atom stereocenters. The Morgan fingerprint density at radius 3 is 2.43 bits per heavy atom. The fourth-order valence-electron chi connectivity index (χ4n) is 7.48. The van der Waals surface area contributed by atoms with Crippen LogP contribution < -0.4 is 15.4 Å². The minimum absolute atomic E-state index is 0.0696. The van der Waals surface area contributed by atoms with Crippen molar-refractivity contribution < 1.29 is 28.7 Å². The van der Waals surface area contributed by atoms with Gasteiger partial charge in [-0.1, -0.05) is 68.3 Å². The smallest absolute Gasteiger partial charge is 0.266 e. The molecule has 0 bridgehead atoms. The fraction of sp³-hybridized carbons (Fsp3) is 0.415. The van der Waals surface area contributed by atoms with Gasteiger partial charge in [0.25, 0.3) is 11.8 Å². The van der Waals surface area contributed by atoms with E-state index in [9.17, 15) is 24.0 Å². The summed E-state index contributed by atoms with van der Waals surface area (Å²) in [6.45, 7) is 5.19. The number of piperidine rings is 1. The standard InChI is InChI=1S/C41H44ClN7O6S/c1-24-25(2)56-41-34(24)36(26-14-16-27(42)17-15-26)45-29(37-47-44-23-48(37)41)22-33(51)43-20-9-7-5-3-4-6-8-10-21-55-31-13-11-12-28-35(31)40(54)49(39(28)53)30-18-19-32(50)46-38(30)52/h11-17,23,29-30H,3-10,18-22H2,1-2H3,(H,43,51)(H,46,50,52)/t29-,30?/m0/s1. The Labute approximate surface area is 333 Å². The minimum atomic E-state index is -1.01. The van der Waals surface area contributed by atoms with Gasteiger partial charge in [-0.3, -0.25) is 43.7 Å². The first kappa shape index (κ1) is 39.0. The molecule has 5 heterocycles. The summed E-state index contributed by atoms with van der Waals surface area (Å²) in [7, 11) is 0. The van der Waals surface area contributed by atoms with Crippen molar-refractivity contribution in [2.45, 2.75) is 96.6 Å². The molecule has 7 rings (SSSR count). The summed E-state index contributed by atoms with van der Waals surface area (Å²) in [5.41, 5.74) is 4.31. The van der Waals surface area contributed by atoms with Gasteiger partial charge in [0.15, 0.2) is 5.82 Å². The van der Waals surface area contributed by atoms with E-state index in [0.717, 1.165) is 83.7 Å². The third-order valence-electron chi connectivity index (χ3n) is 10.6. The molecule has 1 saturated heterocycles. The summed E-state index contributed by atoms with van der Waals surface area (Å²) in [6, 6.07) is 11.0. The second-order valence-electron chi connectivity index (χ2n) is 14.4. The Hall–Kier alpha value is -5.21. The molecule has 15 heteroatoms. The second-order valence-corrected chi connectivity index (χ2v) is 16.0. The van der Waals surface area contributed by atoms with Crippen molar-refractivity contribution in [3.05, 3.63) is 92.3 Å². The van der Waals surface area contributed by atoms with Crippen molar-refractivity contribution in [3.8, 4) is 10.8 Å². The molecule has 4 aromatic rings. The minimum Gasteiger partial charge on any atom is -0.493 e. The lowest BCUT2D eigenvalue weighted by Gasteiger charge is -2.27. The largest absolute Gasteiger partial charge is 0.493 e. The molecular formula is C41H44ClN7O6S. The van der Waals surface area contributed by atoms with Crippen molar-refractivity contribution in [2.24, 2.45) is 4.99 Å². The van der Waals surface area contributed by atoms with Gasteiger partial charge in [0.2, 0.25) is 17.7 Å². The topological polar surface area (TPSA) is 165 Å². The molecule has 56 heavy (non-hydrogen) atoms. The van der Waals surface area contributed by atoms with Gasteiger partial charge in [-0.15, -0.1) is 21.5 Å². The number of ether oxygens (including phenoxy) is 1. The number of rotatable bonds is 16. The molecule has 0 saturated carbocycles. The SMILES string of the molecule is Cc1sc2c(c1C)C(c1ccc(Cl)cc1)=N[C@@H](CC(=O)NCCCCCCCCCCOc1cccc3c1C(=O)N(C1CCC(=O)NC1=O)C3=O)c1nncn1-2. The highest BCUT2D eigenvalue weighted by Gasteiger charge is 2.46. The van der Waals surface area contributed by atoms with Crippen LogP contribution >= 0.6 is 22.9 Å². The molecule has 1 fully saturated rings. The highest BCUT2D eigenvalue weighted by atomic mass is 35.5. The average Bonchev–Trinajstić information content (AvgIpc) is 3.83. The van der Waals surface area contributed by atoms with Crippen LogP contribution in [0.2, 0.25) is 5.02 Å². The van der Waals surface area contributed by atoms with Crippen molar-refractivity contribution in [2.75, 3.05) is 13.2 Å². The molecule has 13 nitrogen and oxygen atoms in total. The highest BCUT2D eigenvalue weighted by molar-refractivity contribution is 7.15. The van der Waals surface area contributed by atoms with Crippen molar-refractivity contribution >= 4 is 58.2 Å². The van der Waals surface area contributed by atoms with E-state index in [1.54, 1.807) is 35.9 Å². The molecule has 2 aromatic carbocycles. The number of aryl methyl sites for hydroxylation is 1. The zero-order valence-corrected chi connectivity index (χ0v) is 33.0. The molecule has 0 radical (unpaired) electrons. The van der Waals surface area contributed by atoms with E-state index in [-0.39, 0.29) is 36.3 Å². The zero-order valence-electron chi connectivity index (χ0n) is 31.4. The van der Waals surface area contributed by atoms with Gasteiger partial charge >= 0.3 is 0 Å². The first-order chi connectivity index (χ1) is 27.1. The molecule has 3 aliphatic heterocycles. The number of carbonyl (C=O) groups excluding carboxylic acids is 5. The number of unbranched alkanes of at least 4 members (excludes halogenated alkanes) is 7. The number of imide groups is 2. The summed E-state index contributed by atoms with van der Waals surface area (Å²) < 4.78 is 7.92. The van der Waals surface area contributed by atoms with Gasteiger partial charge in [0.1, 0.15) is 29.2 Å². The number of carbonyl (C=O) groups is 5. The first-order valence-corrected chi connectivity index (χ1v) is 20.4. The lowest BCUT2D eigenvalue weighted by Crippen LogP contribution is -2.54. The molecule has 2 atom stereocenters.